The number of nitrogens with one attached hydrogen (secondary N) is 2. The Labute approximate surface area is 82.3 Å². The molecule has 4 N–H and O–H groups in total. The van der Waals surface area contributed by atoms with E-state index in [0.29, 0.717) is 12.8 Å². The van der Waals surface area contributed by atoms with Crippen molar-refractivity contribution in [3.8, 4) is 0 Å². The van der Waals surface area contributed by atoms with Crippen molar-refractivity contribution in [1.82, 2.24) is 10.6 Å². The van der Waals surface area contributed by atoms with Crippen molar-refractivity contribution in [3.63, 3.8) is 0 Å². The Morgan fingerprint density at radius 2 is 1.21 bits per heavy atom. The molecule has 0 heterocycles. The van der Waals surface area contributed by atoms with E-state index in [0.717, 1.165) is 0 Å². The van der Waals surface area contributed by atoms with Gasteiger partial charge in [0, 0.05) is 26.3 Å². The van der Waals surface area contributed by atoms with Crippen LogP contribution in [0.4, 0.5) is 0 Å². The first-order valence-electron chi connectivity index (χ1n) is 4.50. The van der Waals surface area contributed by atoms with Crippen LogP contribution in [0.2, 0.25) is 0 Å². The van der Waals surface area contributed by atoms with Crippen LogP contribution in [0.15, 0.2) is 0 Å². The Morgan fingerprint density at radius 3 is 1.50 bits per heavy atom. The number of hydrogen-bond donors (Lipinski definition) is 4. The van der Waals surface area contributed by atoms with E-state index in [2.05, 4.69) is 10.6 Å². The van der Waals surface area contributed by atoms with E-state index < -0.39 is 11.8 Å². The molecule has 14 heavy (non-hydrogen) atoms. The van der Waals surface area contributed by atoms with Gasteiger partial charge in [0.25, 0.3) is 0 Å². The summed E-state index contributed by atoms with van der Waals surface area (Å²) < 4.78 is 0. The molecule has 6 heteroatoms. The zero-order chi connectivity index (χ0) is 10.8. The van der Waals surface area contributed by atoms with Crippen molar-refractivity contribution >= 4 is 11.8 Å². The summed E-state index contributed by atoms with van der Waals surface area (Å²) in [6.45, 7) is 0.518. The molecule has 82 valence electrons. The third-order valence-electron chi connectivity index (χ3n) is 1.45. The molecule has 0 fully saturated rings. The maximum Gasteiger partial charge on any atom is 0.309 e. The Bertz CT molecular complexity index is 164. The summed E-state index contributed by atoms with van der Waals surface area (Å²) in [6.07, 6.45) is 0.852. The van der Waals surface area contributed by atoms with E-state index in [9.17, 15) is 9.59 Å². The van der Waals surface area contributed by atoms with E-state index in [4.69, 9.17) is 10.2 Å². The highest BCUT2D eigenvalue weighted by Gasteiger charge is 2.10. The van der Waals surface area contributed by atoms with E-state index in [1.807, 2.05) is 0 Å². The number of hydrogen-bond acceptors (Lipinski definition) is 4. The van der Waals surface area contributed by atoms with E-state index in [-0.39, 0.29) is 26.3 Å². The second-order valence-electron chi connectivity index (χ2n) is 2.67. The monoisotopic (exact) mass is 204 g/mol. The highest BCUT2D eigenvalue weighted by atomic mass is 16.3. The summed E-state index contributed by atoms with van der Waals surface area (Å²) >= 11 is 0. The van der Waals surface area contributed by atoms with Gasteiger partial charge < -0.3 is 20.8 Å². The topological polar surface area (TPSA) is 98.7 Å². The van der Waals surface area contributed by atoms with Gasteiger partial charge in [0.2, 0.25) is 0 Å². The SMILES string of the molecule is O=C(NCCCO)C(=O)NCCCO. The predicted octanol–water partition coefficient (Wildman–Crippen LogP) is -2.02. The molecule has 0 aromatic carbocycles. The van der Waals surface area contributed by atoms with Crippen LogP contribution < -0.4 is 10.6 Å². The largest absolute Gasteiger partial charge is 0.396 e. The van der Waals surface area contributed by atoms with Gasteiger partial charge in [-0.25, -0.2) is 0 Å². The first-order chi connectivity index (χ1) is 6.72. The van der Waals surface area contributed by atoms with Gasteiger partial charge in [-0.15, -0.1) is 0 Å². The standard InChI is InChI=1S/C8H16N2O4/c11-5-1-3-9-7(13)8(14)10-4-2-6-12/h11-12H,1-6H2,(H,9,13)(H,10,14). The first kappa shape index (κ1) is 12.9. The molecule has 0 aliphatic heterocycles. The number of rotatable bonds is 6. The average Bonchev–Trinajstić information content (AvgIpc) is 2.18. The van der Waals surface area contributed by atoms with Gasteiger partial charge in [0.1, 0.15) is 0 Å². The van der Waals surface area contributed by atoms with Crippen molar-refractivity contribution in [3.05, 3.63) is 0 Å². The molecule has 2 amide bonds. The normalized spacial score (nSPS) is 9.57. The number of aliphatic hydroxyl groups is 2. The Kier molecular flexibility index (Phi) is 7.77. The third-order valence-corrected chi connectivity index (χ3v) is 1.45. The molecular formula is C8H16N2O4. The second-order valence-corrected chi connectivity index (χ2v) is 2.67. The summed E-state index contributed by atoms with van der Waals surface area (Å²) in [4.78, 5) is 21.9. The van der Waals surface area contributed by atoms with Crippen LogP contribution in [0, 0.1) is 0 Å². The van der Waals surface area contributed by atoms with Crippen molar-refractivity contribution in [2.45, 2.75) is 12.8 Å². The molecule has 0 bridgehead atoms. The predicted molar refractivity (Wildman–Crippen MR) is 49.4 cm³/mol. The zero-order valence-corrected chi connectivity index (χ0v) is 7.95. The molecule has 0 aliphatic carbocycles. The summed E-state index contributed by atoms with van der Waals surface area (Å²) in [7, 11) is 0. The molecule has 0 unspecified atom stereocenters. The third kappa shape index (κ3) is 6.38. The average molecular weight is 204 g/mol. The maximum absolute atomic E-state index is 10.9. The van der Waals surface area contributed by atoms with Crippen LogP contribution in [0.3, 0.4) is 0 Å². The van der Waals surface area contributed by atoms with Crippen LogP contribution in [-0.4, -0.2) is 48.3 Å². The van der Waals surface area contributed by atoms with Crippen molar-refractivity contribution in [2.24, 2.45) is 0 Å². The maximum atomic E-state index is 10.9. The van der Waals surface area contributed by atoms with Gasteiger partial charge in [-0.05, 0) is 12.8 Å². The summed E-state index contributed by atoms with van der Waals surface area (Å²) in [5, 5.41) is 21.5. The van der Waals surface area contributed by atoms with E-state index in [1.54, 1.807) is 0 Å². The molecule has 6 nitrogen and oxygen atoms in total. The molecular weight excluding hydrogens is 188 g/mol. The van der Waals surface area contributed by atoms with E-state index >= 15 is 0 Å². The molecule has 0 rings (SSSR count). The fraction of sp³-hybridized carbons (Fsp3) is 0.750. The lowest BCUT2D eigenvalue weighted by Crippen LogP contribution is -2.40. The molecule has 0 saturated carbocycles. The Morgan fingerprint density at radius 1 is 0.857 bits per heavy atom. The van der Waals surface area contributed by atoms with Crippen LogP contribution in [0.25, 0.3) is 0 Å². The van der Waals surface area contributed by atoms with Gasteiger partial charge in [0.15, 0.2) is 0 Å². The van der Waals surface area contributed by atoms with Crippen molar-refractivity contribution in [1.29, 1.82) is 0 Å². The van der Waals surface area contributed by atoms with Gasteiger partial charge in [-0.3, -0.25) is 9.59 Å². The lowest BCUT2D eigenvalue weighted by Gasteiger charge is -2.04. The van der Waals surface area contributed by atoms with E-state index in [1.165, 1.54) is 0 Å². The Hall–Kier alpha value is -1.14. The molecule has 0 aromatic rings. The summed E-state index contributed by atoms with van der Waals surface area (Å²) in [5.41, 5.74) is 0. The highest BCUT2D eigenvalue weighted by molar-refractivity contribution is 6.35. The smallest absolute Gasteiger partial charge is 0.309 e. The molecule has 0 radical (unpaired) electrons. The lowest BCUT2D eigenvalue weighted by molar-refractivity contribution is -0.139. The van der Waals surface area contributed by atoms with Gasteiger partial charge >= 0.3 is 11.8 Å². The number of carbonyl (C=O) groups excluding carboxylic acids is 2. The highest BCUT2D eigenvalue weighted by Crippen LogP contribution is 1.76. The zero-order valence-electron chi connectivity index (χ0n) is 7.95. The fourth-order valence-corrected chi connectivity index (χ4v) is 0.723. The van der Waals surface area contributed by atoms with Gasteiger partial charge in [0.05, 0.1) is 0 Å². The van der Waals surface area contributed by atoms with Gasteiger partial charge in [-0.1, -0.05) is 0 Å². The van der Waals surface area contributed by atoms with Crippen LogP contribution in [-0.2, 0) is 9.59 Å². The Balaban J connectivity index is 3.50. The minimum absolute atomic E-state index is 0.0214. The summed E-state index contributed by atoms with van der Waals surface area (Å²) in [5.74, 6) is -1.42. The van der Waals surface area contributed by atoms with Crippen molar-refractivity contribution in [2.75, 3.05) is 26.3 Å². The molecule has 0 saturated heterocycles. The molecule has 0 atom stereocenters. The molecule has 0 aromatic heterocycles. The van der Waals surface area contributed by atoms with Gasteiger partial charge in [-0.2, -0.15) is 0 Å². The number of carbonyl (C=O) groups is 2. The van der Waals surface area contributed by atoms with Crippen LogP contribution in [0.5, 0.6) is 0 Å². The molecule has 0 spiro atoms. The minimum Gasteiger partial charge on any atom is -0.396 e. The molecule has 0 aliphatic rings. The number of aliphatic hydroxyl groups excluding tert-OH is 2. The first-order valence-corrected chi connectivity index (χ1v) is 4.50. The lowest BCUT2D eigenvalue weighted by atomic mass is 10.4. The minimum atomic E-state index is -0.712. The fourth-order valence-electron chi connectivity index (χ4n) is 0.723. The van der Waals surface area contributed by atoms with Crippen LogP contribution >= 0.6 is 0 Å². The summed E-state index contributed by atoms with van der Waals surface area (Å²) in [6, 6.07) is 0. The number of amides is 2. The van der Waals surface area contributed by atoms with Crippen LogP contribution in [0.1, 0.15) is 12.8 Å². The second kappa shape index (κ2) is 8.46. The van der Waals surface area contributed by atoms with Crippen molar-refractivity contribution < 1.29 is 19.8 Å². The quantitative estimate of drug-likeness (QED) is 0.296.